The maximum absolute atomic E-state index is 12.7. The fourth-order valence-electron chi connectivity index (χ4n) is 2.68. The number of hydrogen-bond donors (Lipinski definition) is 2. The Morgan fingerprint density at radius 3 is 2.34 bits per heavy atom. The number of primary sulfonamides is 1. The van der Waals surface area contributed by atoms with E-state index in [1.54, 1.807) is 6.07 Å². The second-order valence-electron chi connectivity index (χ2n) is 6.02. The molecule has 0 atom stereocenters. The van der Waals surface area contributed by atoms with Crippen LogP contribution in [0.3, 0.4) is 0 Å². The molecule has 1 heterocycles. The van der Waals surface area contributed by atoms with Crippen LogP contribution in [0.1, 0.15) is 0 Å². The minimum Gasteiger partial charge on any atom is -0.493 e. The number of sulfonamides is 1. The predicted octanol–water partition coefficient (Wildman–Crippen LogP) is 0.700. The lowest BCUT2D eigenvalue weighted by molar-refractivity contribution is -0.116. The quantitative estimate of drug-likeness (QED) is 0.600. The molecule has 11 heteroatoms. The summed E-state index contributed by atoms with van der Waals surface area (Å²) in [6.45, 7) is -0.285. The number of fused-ring (bicyclic) bond motifs is 1. The highest BCUT2D eigenvalue weighted by atomic mass is 32.2. The zero-order chi connectivity index (χ0) is 21.2. The fourth-order valence-corrected chi connectivity index (χ4v) is 3.20. The number of carbonyl (C=O) groups excluding carboxylic acids is 1. The molecule has 0 saturated heterocycles. The fraction of sp³-hybridized carbons (Fsp3) is 0.167. The van der Waals surface area contributed by atoms with Gasteiger partial charge >= 0.3 is 0 Å². The third-order valence-electron chi connectivity index (χ3n) is 4.11. The van der Waals surface area contributed by atoms with Crippen LogP contribution in [0.25, 0.3) is 10.9 Å². The molecular formula is C18H18N4O6S. The highest BCUT2D eigenvalue weighted by Gasteiger charge is 2.13. The maximum atomic E-state index is 12.7. The number of amides is 1. The Labute approximate surface area is 165 Å². The van der Waals surface area contributed by atoms with Gasteiger partial charge in [-0.2, -0.15) is 0 Å². The van der Waals surface area contributed by atoms with Crippen molar-refractivity contribution in [1.82, 2.24) is 9.55 Å². The number of nitrogens with zero attached hydrogens (tertiary/aromatic N) is 2. The molecule has 0 spiro atoms. The van der Waals surface area contributed by atoms with Crippen molar-refractivity contribution in [2.24, 2.45) is 5.14 Å². The van der Waals surface area contributed by atoms with Crippen LogP contribution < -0.4 is 25.5 Å². The Morgan fingerprint density at radius 1 is 1.14 bits per heavy atom. The molecule has 0 saturated carbocycles. The van der Waals surface area contributed by atoms with Crippen molar-refractivity contribution in [3.8, 4) is 11.5 Å². The van der Waals surface area contributed by atoms with Crippen molar-refractivity contribution >= 4 is 32.5 Å². The predicted molar refractivity (Wildman–Crippen MR) is 106 cm³/mol. The number of rotatable bonds is 6. The van der Waals surface area contributed by atoms with Crippen LogP contribution in [0, 0.1) is 0 Å². The normalized spacial score (nSPS) is 11.3. The van der Waals surface area contributed by atoms with Gasteiger partial charge in [-0.25, -0.2) is 18.5 Å². The number of hydrogen-bond acceptors (Lipinski definition) is 7. The van der Waals surface area contributed by atoms with Crippen LogP contribution in [-0.2, 0) is 21.4 Å². The SMILES string of the molecule is COc1cc2ncn(CC(=O)Nc3ccc(S(N)(=O)=O)cc3)c(=O)c2cc1OC. The summed E-state index contributed by atoms with van der Waals surface area (Å²) in [5, 5.41) is 7.89. The lowest BCUT2D eigenvalue weighted by Gasteiger charge is -2.11. The van der Waals surface area contributed by atoms with E-state index in [0.717, 1.165) is 4.57 Å². The van der Waals surface area contributed by atoms with E-state index in [9.17, 15) is 18.0 Å². The van der Waals surface area contributed by atoms with Gasteiger partial charge in [-0.05, 0) is 30.3 Å². The minimum atomic E-state index is -3.82. The number of methoxy groups -OCH3 is 2. The second-order valence-corrected chi connectivity index (χ2v) is 7.58. The Hall–Kier alpha value is -3.44. The maximum Gasteiger partial charge on any atom is 0.261 e. The second kappa shape index (κ2) is 7.89. The highest BCUT2D eigenvalue weighted by Crippen LogP contribution is 2.29. The zero-order valence-electron chi connectivity index (χ0n) is 15.6. The van der Waals surface area contributed by atoms with Crippen molar-refractivity contribution in [3.63, 3.8) is 0 Å². The van der Waals surface area contributed by atoms with Crippen LogP contribution in [0.5, 0.6) is 11.5 Å². The minimum absolute atomic E-state index is 0.0742. The van der Waals surface area contributed by atoms with Gasteiger partial charge in [0.1, 0.15) is 6.54 Å². The summed E-state index contributed by atoms with van der Waals surface area (Å²) in [5.41, 5.74) is 0.342. The molecule has 10 nitrogen and oxygen atoms in total. The lowest BCUT2D eigenvalue weighted by Crippen LogP contribution is -2.28. The van der Waals surface area contributed by atoms with E-state index in [-0.39, 0.29) is 16.8 Å². The number of nitrogens with two attached hydrogens (primary N) is 1. The first kappa shape index (κ1) is 20.3. The summed E-state index contributed by atoms with van der Waals surface area (Å²) < 4.78 is 34.1. The van der Waals surface area contributed by atoms with Gasteiger partial charge in [0.25, 0.3) is 5.56 Å². The van der Waals surface area contributed by atoms with Gasteiger partial charge in [0, 0.05) is 11.8 Å². The van der Waals surface area contributed by atoms with E-state index >= 15 is 0 Å². The van der Waals surface area contributed by atoms with Gasteiger partial charge in [-0.15, -0.1) is 0 Å². The van der Waals surface area contributed by atoms with Gasteiger partial charge in [-0.3, -0.25) is 14.2 Å². The van der Waals surface area contributed by atoms with Crippen molar-refractivity contribution in [2.75, 3.05) is 19.5 Å². The van der Waals surface area contributed by atoms with E-state index in [2.05, 4.69) is 10.3 Å². The Kier molecular flexibility index (Phi) is 5.52. The van der Waals surface area contributed by atoms with Gasteiger partial charge < -0.3 is 14.8 Å². The molecule has 152 valence electrons. The van der Waals surface area contributed by atoms with E-state index in [1.807, 2.05) is 0 Å². The van der Waals surface area contributed by atoms with Crippen molar-refractivity contribution in [1.29, 1.82) is 0 Å². The van der Waals surface area contributed by atoms with Gasteiger partial charge in [-0.1, -0.05) is 0 Å². The smallest absolute Gasteiger partial charge is 0.261 e. The van der Waals surface area contributed by atoms with Crippen molar-refractivity contribution in [2.45, 2.75) is 11.4 Å². The molecule has 29 heavy (non-hydrogen) atoms. The topological polar surface area (TPSA) is 143 Å². The van der Waals surface area contributed by atoms with Crippen LogP contribution in [-0.4, -0.2) is 38.1 Å². The highest BCUT2D eigenvalue weighted by molar-refractivity contribution is 7.89. The van der Waals surface area contributed by atoms with E-state index in [1.165, 1.54) is 50.9 Å². The molecule has 2 aromatic carbocycles. The van der Waals surface area contributed by atoms with E-state index in [0.29, 0.717) is 22.7 Å². The van der Waals surface area contributed by atoms with Crippen LogP contribution in [0.4, 0.5) is 5.69 Å². The third-order valence-corrected chi connectivity index (χ3v) is 5.04. The third kappa shape index (κ3) is 4.36. The zero-order valence-corrected chi connectivity index (χ0v) is 16.4. The molecule has 0 aliphatic rings. The molecular weight excluding hydrogens is 400 g/mol. The van der Waals surface area contributed by atoms with Crippen LogP contribution >= 0.6 is 0 Å². The molecule has 1 aromatic heterocycles. The number of ether oxygens (including phenoxy) is 2. The molecule has 3 N–H and O–H groups in total. The Bertz CT molecular complexity index is 1240. The van der Waals surface area contributed by atoms with Crippen LogP contribution in [0.2, 0.25) is 0 Å². The standard InChI is InChI=1S/C18H18N4O6S/c1-27-15-7-13-14(8-16(15)28-2)20-10-22(18(13)24)9-17(23)21-11-3-5-12(6-4-11)29(19,25)26/h3-8,10H,9H2,1-2H3,(H,21,23)(H2,19,25,26). The molecule has 3 rings (SSSR count). The number of nitrogens with one attached hydrogen (secondary N) is 1. The van der Waals surface area contributed by atoms with E-state index < -0.39 is 21.5 Å². The molecule has 0 aliphatic carbocycles. The summed E-state index contributed by atoms with van der Waals surface area (Å²) >= 11 is 0. The average Bonchev–Trinajstić information content (AvgIpc) is 2.69. The molecule has 0 unspecified atom stereocenters. The first-order chi connectivity index (χ1) is 13.7. The van der Waals surface area contributed by atoms with E-state index in [4.69, 9.17) is 14.6 Å². The number of aromatic nitrogens is 2. The van der Waals surface area contributed by atoms with Crippen LogP contribution in [0.15, 0.2) is 52.4 Å². The summed E-state index contributed by atoms with van der Waals surface area (Å²) in [6.07, 6.45) is 1.26. The molecule has 0 aliphatic heterocycles. The molecule has 0 radical (unpaired) electrons. The molecule has 1 amide bonds. The number of carbonyl (C=O) groups is 1. The molecule has 0 fully saturated rings. The number of benzene rings is 2. The first-order valence-corrected chi connectivity index (χ1v) is 9.81. The van der Waals surface area contributed by atoms with Crippen molar-refractivity contribution < 1.29 is 22.7 Å². The largest absolute Gasteiger partial charge is 0.493 e. The average molecular weight is 418 g/mol. The first-order valence-electron chi connectivity index (χ1n) is 8.27. The molecule has 3 aromatic rings. The van der Waals surface area contributed by atoms with Gasteiger partial charge in [0.2, 0.25) is 15.9 Å². The van der Waals surface area contributed by atoms with Gasteiger partial charge in [0.15, 0.2) is 11.5 Å². The lowest BCUT2D eigenvalue weighted by atomic mass is 10.2. The number of anilines is 1. The summed E-state index contributed by atoms with van der Waals surface area (Å²) in [6, 6.07) is 8.42. The van der Waals surface area contributed by atoms with Crippen molar-refractivity contribution in [3.05, 3.63) is 53.1 Å². The summed E-state index contributed by atoms with van der Waals surface area (Å²) in [4.78, 5) is 29.1. The summed E-state index contributed by atoms with van der Waals surface area (Å²) in [5.74, 6) is 0.318. The Morgan fingerprint density at radius 2 is 1.76 bits per heavy atom. The molecule has 0 bridgehead atoms. The monoisotopic (exact) mass is 418 g/mol. The Balaban J connectivity index is 1.83. The summed E-state index contributed by atoms with van der Waals surface area (Å²) in [7, 11) is -0.891. The van der Waals surface area contributed by atoms with Gasteiger partial charge in [0.05, 0.1) is 36.3 Å².